The summed E-state index contributed by atoms with van der Waals surface area (Å²) in [5.74, 6) is 0. The molecule has 0 spiro atoms. The number of aryl methyl sites for hydroxylation is 3. The minimum absolute atomic E-state index is 0.0954. The van der Waals surface area contributed by atoms with Crippen molar-refractivity contribution in [2.24, 2.45) is 4.99 Å². The molecular formula is C30H30N2. The molecule has 0 amide bonds. The molecule has 0 aromatic heterocycles. The third kappa shape index (κ3) is 3.35. The Balaban J connectivity index is 1.79. The first-order valence-corrected chi connectivity index (χ1v) is 11.6. The summed E-state index contributed by atoms with van der Waals surface area (Å²) in [5.41, 5.74) is 11.9. The van der Waals surface area contributed by atoms with Gasteiger partial charge in [-0.05, 0) is 74.9 Å². The Morgan fingerprint density at radius 1 is 0.875 bits per heavy atom. The minimum atomic E-state index is 0.0954. The van der Waals surface area contributed by atoms with Crippen LogP contribution in [0.3, 0.4) is 0 Å². The van der Waals surface area contributed by atoms with Crippen LogP contribution in [0.2, 0.25) is 0 Å². The van der Waals surface area contributed by atoms with E-state index in [9.17, 15) is 5.41 Å². The van der Waals surface area contributed by atoms with Crippen LogP contribution in [0.5, 0.6) is 0 Å². The van der Waals surface area contributed by atoms with Crippen LogP contribution in [0.25, 0.3) is 5.70 Å². The van der Waals surface area contributed by atoms with Gasteiger partial charge in [-0.1, -0.05) is 72.2 Å². The van der Waals surface area contributed by atoms with E-state index in [2.05, 4.69) is 88.4 Å². The lowest BCUT2D eigenvalue weighted by molar-refractivity contribution is 0.359. The molecule has 2 heteroatoms. The summed E-state index contributed by atoms with van der Waals surface area (Å²) in [7, 11) is 0. The van der Waals surface area contributed by atoms with E-state index in [4.69, 9.17) is 4.99 Å². The van der Waals surface area contributed by atoms with Gasteiger partial charge >= 0.3 is 0 Å². The van der Waals surface area contributed by atoms with E-state index >= 15 is 0 Å². The Bertz CT molecular complexity index is 1270. The zero-order valence-electron chi connectivity index (χ0n) is 19.4. The van der Waals surface area contributed by atoms with Crippen molar-refractivity contribution in [3.63, 3.8) is 0 Å². The van der Waals surface area contributed by atoms with Crippen molar-refractivity contribution in [1.82, 2.24) is 0 Å². The third-order valence-electron chi connectivity index (χ3n) is 7.09. The van der Waals surface area contributed by atoms with Gasteiger partial charge < -0.3 is 0 Å². The number of hydrogen-bond donors (Lipinski definition) is 1. The molecule has 1 N–H and O–H groups in total. The van der Waals surface area contributed by atoms with Gasteiger partial charge in [-0.25, -0.2) is 4.99 Å². The summed E-state index contributed by atoms with van der Waals surface area (Å²) in [6, 6.07) is 21.4. The van der Waals surface area contributed by atoms with Crippen molar-refractivity contribution in [2.45, 2.75) is 52.4 Å². The maximum absolute atomic E-state index is 9.41. The molecule has 0 saturated carbocycles. The lowest BCUT2D eigenvalue weighted by atomic mass is 9.58. The van der Waals surface area contributed by atoms with Gasteiger partial charge in [0.15, 0.2) is 0 Å². The number of aliphatic imine (C=N–C) groups is 1. The molecule has 1 aliphatic carbocycles. The predicted octanol–water partition coefficient (Wildman–Crippen LogP) is 7.12. The van der Waals surface area contributed by atoms with Gasteiger partial charge in [0.05, 0.1) is 17.1 Å². The lowest BCUT2D eigenvalue weighted by Crippen LogP contribution is -2.40. The Labute approximate surface area is 191 Å². The average molecular weight is 419 g/mol. The molecule has 3 aromatic rings. The molecule has 0 unspecified atom stereocenters. The summed E-state index contributed by atoms with van der Waals surface area (Å²) in [4.78, 5) is 5.20. The fourth-order valence-electron chi connectivity index (χ4n) is 5.54. The molecule has 3 aromatic carbocycles. The maximum atomic E-state index is 9.41. The minimum Gasteiger partial charge on any atom is -0.298 e. The number of rotatable bonds is 3. The molecule has 5 rings (SSSR count). The first-order valence-electron chi connectivity index (χ1n) is 11.6. The predicted molar refractivity (Wildman–Crippen MR) is 135 cm³/mol. The van der Waals surface area contributed by atoms with Crippen LogP contribution in [0.1, 0.15) is 64.3 Å². The highest BCUT2D eigenvalue weighted by atomic mass is 14.8. The summed E-state index contributed by atoms with van der Waals surface area (Å²) >= 11 is 0. The summed E-state index contributed by atoms with van der Waals surface area (Å²) in [6.07, 6.45) is 5.42. The average Bonchev–Trinajstić information content (AvgIpc) is 2.79. The van der Waals surface area contributed by atoms with Gasteiger partial charge in [0.2, 0.25) is 0 Å². The standard InChI is InChI=1S/C30H30N2/c1-5-30-12-11-26(22-9-7-6-8-10-22)32-29(23-14-19(2)13-20(3)15-23)28(31)25-17-21(4)16-24(18-30)27(25)30/h6-11,13-17,31H,5,12,18H2,1-4H3/b26-11-,31-28?,32-29?/t30-/m0/s1. The van der Waals surface area contributed by atoms with E-state index in [1.54, 1.807) is 0 Å². The molecule has 0 saturated heterocycles. The van der Waals surface area contributed by atoms with Gasteiger partial charge in [0.25, 0.3) is 0 Å². The van der Waals surface area contributed by atoms with Crippen LogP contribution < -0.4 is 0 Å². The van der Waals surface area contributed by atoms with E-state index in [1.165, 1.54) is 27.8 Å². The van der Waals surface area contributed by atoms with E-state index in [-0.39, 0.29) is 5.41 Å². The molecule has 2 aliphatic rings. The summed E-state index contributed by atoms with van der Waals surface area (Å²) < 4.78 is 0. The SMILES string of the molecule is CC[C@@]12C/C=C(/c3ccccc3)N=C(c3cc(C)cc(C)c3)C(=N)c3cc(C)cc(c31)C2. The molecule has 32 heavy (non-hydrogen) atoms. The molecule has 1 aliphatic heterocycles. The van der Waals surface area contributed by atoms with Crippen molar-refractivity contribution >= 4 is 17.1 Å². The number of allylic oxidation sites excluding steroid dienone is 1. The molecule has 0 radical (unpaired) electrons. The highest BCUT2D eigenvalue weighted by Gasteiger charge is 2.43. The Morgan fingerprint density at radius 2 is 1.56 bits per heavy atom. The van der Waals surface area contributed by atoms with E-state index in [0.29, 0.717) is 5.71 Å². The third-order valence-corrected chi connectivity index (χ3v) is 7.09. The number of nitrogens with zero attached hydrogens (tertiary/aromatic N) is 1. The second-order valence-corrected chi connectivity index (χ2v) is 9.53. The van der Waals surface area contributed by atoms with E-state index in [0.717, 1.165) is 47.4 Å². The van der Waals surface area contributed by atoms with Crippen molar-refractivity contribution in [1.29, 1.82) is 5.41 Å². The molecule has 1 heterocycles. The Morgan fingerprint density at radius 3 is 2.25 bits per heavy atom. The largest absolute Gasteiger partial charge is 0.298 e. The highest BCUT2D eigenvalue weighted by Crippen LogP contribution is 2.50. The van der Waals surface area contributed by atoms with Crippen molar-refractivity contribution in [3.05, 3.63) is 111 Å². The normalized spacial score (nSPS) is 21.3. The van der Waals surface area contributed by atoms with Gasteiger partial charge in [-0.3, -0.25) is 5.41 Å². The molecule has 0 fully saturated rings. The fourth-order valence-corrected chi connectivity index (χ4v) is 5.54. The van der Waals surface area contributed by atoms with Crippen LogP contribution in [0, 0.1) is 26.2 Å². The van der Waals surface area contributed by atoms with E-state index < -0.39 is 0 Å². The molecule has 0 bridgehead atoms. The Hall–Kier alpha value is -3.26. The highest BCUT2D eigenvalue weighted by molar-refractivity contribution is 6.53. The first kappa shape index (κ1) is 20.6. The number of hydrogen-bond acceptors (Lipinski definition) is 2. The van der Waals surface area contributed by atoms with Crippen molar-refractivity contribution in [3.8, 4) is 0 Å². The van der Waals surface area contributed by atoms with Gasteiger partial charge in [0, 0.05) is 16.5 Å². The number of nitrogens with one attached hydrogen (secondary N) is 1. The summed E-state index contributed by atoms with van der Waals surface area (Å²) in [5, 5.41) is 9.41. The maximum Gasteiger partial charge on any atom is 0.0965 e. The van der Waals surface area contributed by atoms with Crippen LogP contribution in [0.15, 0.2) is 71.7 Å². The topological polar surface area (TPSA) is 36.2 Å². The van der Waals surface area contributed by atoms with Crippen LogP contribution in [0.4, 0.5) is 0 Å². The lowest BCUT2D eigenvalue weighted by Gasteiger charge is -2.45. The van der Waals surface area contributed by atoms with Crippen LogP contribution in [-0.2, 0) is 11.8 Å². The second kappa shape index (κ2) is 7.70. The van der Waals surface area contributed by atoms with Crippen LogP contribution in [-0.4, -0.2) is 11.4 Å². The van der Waals surface area contributed by atoms with Gasteiger partial charge in [0.1, 0.15) is 0 Å². The zero-order chi connectivity index (χ0) is 22.5. The molecular weight excluding hydrogens is 388 g/mol. The van der Waals surface area contributed by atoms with Crippen LogP contribution >= 0.6 is 0 Å². The smallest absolute Gasteiger partial charge is 0.0965 e. The zero-order valence-corrected chi connectivity index (χ0v) is 19.4. The molecule has 2 nitrogen and oxygen atoms in total. The fraction of sp³-hybridized carbons (Fsp3) is 0.267. The van der Waals surface area contributed by atoms with Crippen molar-refractivity contribution in [2.75, 3.05) is 0 Å². The monoisotopic (exact) mass is 418 g/mol. The first-order chi connectivity index (χ1) is 15.4. The second-order valence-electron chi connectivity index (χ2n) is 9.53. The van der Waals surface area contributed by atoms with E-state index in [1.807, 2.05) is 6.07 Å². The Kier molecular flexibility index (Phi) is 4.97. The van der Waals surface area contributed by atoms with Gasteiger partial charge in [-0.2, -0.15) is 0 Å². The summed E-state index contributed by atoms with van der Waals surface area (Å²) in [6.45, 7) is 8.66. The quantitative estimate of drug-likeness (QED) is 0.470. The number of benzene rings is 3. The molecule has 160 valence electrons. The van der Waals surface area contributed by atoms with Crippen molar-refractivity contribution < 1.29 is 0 Å². The molecule has 1 atom stereocenters. The van der Waals surface area contributed by atoms with Gasteiger partial charge in [-0.15, -0.1) is 0 Å².